The van der Waals surface area contributed by atoms with Crippen LogP contribution in [0.15, 0.2) is 18.2 Å². The molecule has 4 nitrogen and oxygen atoms in total. The van der Waals surface area contributed by atoms with Gasteiger partial charge in [-0.2, -0.15) is 0 Å². The van der Waals surface area contributed by atoms with E-state index in [2.05, 4.69) is 5.32 Å². The summed E-state index contributed by atoms with van der Waals surface area (Å²) in [7, 11) is 1.42. The van der Waals surface area contributed by atoms with Gasteiger partial charge in [0.1, 0.15) is 0 Å². The van der Waals surface area contributed by atoms with Gasteiger partial charge in [0.15, 0.2) is 11.6 Å². The summed E-state index contributed by atoms with van der Waals surface area (Å²) in [6.07, 6.45) is 1.66. The molecule has 2 unspecified atom stereocenters. The molecule has 0 fully saturated rings. The van der Waals surface area contributed by atoms with Crippen LogP contribution in [0.4, 0.5) is 4.39 Å². The summed E-state index contributed by atoms with van der Waals surface area (Å²) in [6, 6.07) is 4.40. The van der Waals surface area contributed by atoms with Crippen molar-refractivity contribution in [3.8, 4) is 5.75 Å². The third-order valence-corrected chi connectivity index (χ3v) is 3.33. The largest absolute Gasteiger partial charge is 0.494 e. The zero-order chi connectivity index (χ0) is 15.1. The maximum absolute atomic E-state index is 13.6. The number of hydrogen-bond acceptors (Lipinski definition) is 3. The minimum Gasteiger partial charge on any atom is -0.494 e. The first-order chi connectivity index (χ1) is 9.53. The second-order valence-corrected chi connectivity index (χ2v) is 4.85. The Morgan fingerprint density at radius 1 is 1.50 bits per heavy atom. The lowest BCUT2D eigenvalue weighted by Crippen LogP contribution is -2.36. The number of methoxy groups -OCH3 is 1. The molecular weight excluding hydrogens is 259 g/mol. The molecule has 0 spiro atoms. The summed E-state index contributed by atoms with van der Waals surface area (Å²) in [4.78, 5) is 12.0. The SMILES string of the molecule is CCCC(CN)C(=O)NC(C)c1ccc(OC)c(F)c1. The monoisotopic (exact) mass is 282 g/mol. The molecule has 112 valence electrons. The van der Waals surface area contributed by atoms with Crippen molar-refractivity contribution in [3.05, 3.63) is 29.6 Å². The van der Waals surface area contributed by atoms with Gasteiger partial charge < -0.3 is 15.8 Å². The Morgan fingerprint density at radius 2 is 2.20 bits per heavy atom. The fraction of sp³-hybridized carbons (Fsp3) is 0.533. The highest BCUT2D eigenvalue weighted by Crippen LogP contribution is 2.22. The van der Waals surface area contributed by atoms with Crippen LogP contribution in [0.1, 0.15) is 38.3 Å². The second-order valence-electron chi connectivity index (χ2n) is 4.85. The Labute approximate surface area is 119 Å². The van der Waals surface area contributed by atoms with Gasteiger partial charge >= 0.3 is 0 Å². The van der Waals surface area contributed by atoms with Crippen molar-refractivity contribution in [3.63, 3.8) is 0 Å². The number of hydrogen-bond donors (Lipinski definition) is 2. The van der Waals surface area contributed by atoms with E-state index in [1.165, 1.54) is 13.2 Å². The summed E-state index contributed by atoms with van der Waals surface area (Å²) in [5.74, 6) is -0.517. The van der Waals surface area contributed by atoms with Gasteiger partial charge in [-0.25, -0.2) is 4.39 Å². The lowest BCUT2D eigenvalue weighted by Gasteiger charge is -2.19. The van der Waals surface area contributed by atoms with E-state index in [0.717, 1.165) is 12.8 Å². The maximum Gasteiger partial charge on any atom is 0.224 e. The molecule has 1 amide bonds. The molecule has 20 heavy (non-hydrogen) atoms. The average molecular weight is 282 g/mol. The first-order valence-electron chi connectivity index (χ1n) is 6.87. The Hall–Kier alpha value is -1.62. The van der Waals surface area contributed by atoms with Crippen molar-refractivity contribution in [2.75, 3.05) is 13.7 Å². The van der Waals surface area contributed by atoms with Crippen molar-refractivity contribution in [1.82, 2.24) is 5.32 Å². The summed E-state index contributed by atoms with van der Waals surface area (Å²) in [5, 5.41) is 2.87. The minimum atomic E-state index is -0.435. The number of ether oxygens (including phenoxy) is 1. The number of carbonyl (C=O) groups is 1. The number of rotatable bonds is 7. The molecule has 1 rings (SSSR count). The van der Waals surface area contributed by atoms with Gasteiger partial charge in [0, 0.05) is 6.54 Å². The van der Waals surface area contributed by atoms with Gasteiger partial charge in [0.2, 0.25) is 5.91 Å². The number of halogens is 1. The van der Waals surface area contributed by atoms with Crippen LogP contribution < -0.4 is 15.8 Å². The standard InChI is InChI=1S/C15H23FN2O2/c1-4-5-12(9-17)15(19)18-10(2)11-6-7-14(20-3)13(16)8-11/h6-8,10,12H,4-5,9,17H2,1-3H3,(H,18,19). The van der Waals surface area contributed by atoms with Crippen LogP contribution >= 0.6 is 0 Å². The quantitative estimate of drug-likeness (QED) is 0.807. The summed E-state index contributed by atoms with van der Waals surface area (Å²) < 4.78 is 18.5. The molecule has 0 aromatic heterocycles. The van der Waals surface area contributed by atoms with Crippen molar-refractivity contribution in [2.45, 2.75) is 32.7 Å². The van der Waals surface area contributed by atoms with E-state index in [-0.39, 0.29) is 23.6 Å². The number of nitrogens with two attached hydrogens (primary N) is 1. The predicted molar refractivity (Wildman–Crippen MR) is 77.0 cm³/mol. The smallest absolute Gasteiger partial charge is 0.224 e. The topological polar surface area (TPSA) is 64.4 Å². The Kier molecular flexibility index (Phi) is 6.45. The molecule has 0 bridgehead atoms. The lowest BCUT2D eigenvalue weighted by atomic mass is 10.0. The van der Waals surface area contributed by atoms with Gasteiger partial charge in [-0.1, -0.05) is 19.4 Å². The highest BCUT2D eigenvalue weighted by atomic mass is 19.1. The summed E-state index contributed by atoms with van der Waals surface area (Å²) >= 11 is 0. The maximum atomic E-state index is 13.6. The number of carbonyl (C=O) groups excluding carboxylic acids is 1. The third kappa shape index (κ3) is 4.20. The van der Waals surface area contributed by atoms with Gasteiger partial charge in [0.05, 0.1) is 19.1 Å². The molecule has 3 N–H and O–H groups in total. The van der Waals surface area contributed by atoms with Crippen LogP contribution in [-0.2, 0) is 4.79 Å². The number of benzene rings is 1. The average Bonchev–Trinajstić information content (AvgIpc) is 2.44. The first-order valence-corrected chi connectivity index (χ1v) is 6.87. The van der Waals surface area contributed by atoms with E-state index >= 15 is 0 Å². The lowest BCUT2D eigenvalue weighted by molar-refractivity contribution is -0.125. The molecule has 1 aromatic rings. The molecular formula is C15H23FN2O2. The van der Waals surface area contributed by atoms with E-state index in [9.17, 15) is 9.18 Å². The predicted octanol–water partition coefficient (Wildman–Crippen LogP) is 2.39. The number of nitrogens with one attached hydrogen (secondary N) is 1. The van der Waals surface area contributed by atoms with Crippen LogP contribution in [0, 0.1) is 11.7 Å². The first kappa shape index (κ1) is 16.4. The van der Waals surface area contributed by atoms with Crippen molar-refractivity contribution >= 4 is 5.91 Å². The third-order valence-electron chi connectivity index (χ3n) is 3.33. The van der Waals surface area contributed by atoms with Crippen LogP contribution in [0.3, 0.4) is 0 Å². The Morgan fingerprint density at radius 3 is 2.70 bits per heavy atom. The molecule has 0 heterocycles. The van der Waals surface area contributed by atoms with E-state index in [4.69, 9.17) is 10.5 Å². The van der Waals surface area contributed by atoms with Gasteiger partial charge in [-0.3, -0.25) is 4.79 Å². The number of amides is 1. The van der Waals surface area contributed by atoms with E-state index in [1.54, 1.807) is 12.1 Å². The van der Waals surface area contributed by atoms with Gasteiger partial charge in [-0.05, 0) is 31.0 Å². The summed E-state index contributed by atoms with van der Waals surface area (Å²) in [5.41, 5.74) is 6.30. The Bertz CT molecular complexity index is 451. The van der Waals surface area contributed by atoms with Gasteiger partial charge in [-0.15, -0.1) is 0 Å². The van der Waals surface area contributed by atoms with Gasteiger partial charge in [0.25, 0.3) is 0 Å². The van der Waals surface area contributed by atoms with E-state index in [0.29, 0.717) is 12.1 Å². The van der Waals surface area contributed by atoms with Crippen LogP contribution in [0.5, 0.6) is 5.75 Å². The molecule has 0 radical (unpaired) electrons. The van der Waals surface area contributed by atoms with Crippen LogP contribution in [-0.4, -0.2) is 19.6 Å². The molecule has 0 aliphatic carbocycles. The molecule has 1 aromatic carbocycles. The fourth-order valence-electron chi connectivity index (χ4n) is 2.07. The van der Waals surface area contributed by atoms with E-state index in [1.807, 2.05) is 13.8 Å². The summed E-state index contributed by atoms with van der Waals surface area (Å²) in [6.45, 7) is 4.15. The van der Waals surface area contributed by atoms with Crippen LogP contribution in [0.25, 0.3) is 0 Å². The highest BCUT2D eigenvalue weighted by molar-refractivity contribution is 5.79. The zero-order valence-electron chi connectivity index (χ0n) is 12.3. The van der Waals surface area contributed by atoms with Crippen molar-refractivity contribution in [2.24, 2.45) is 11.7 Å². The molecule has 0 saturated heterocycles. The highest BCUT2D eigenvalue weighted by Gasteiger charge is 2.19. The minimum absolute atomic E-state index is 0.0851. The molecule has 0 aliphatic heterocycles. The second kappa shape index (κ2) is 7.85. The Balaban J connectivity index is 2.73. The molecule has 2 atom stereocenters. The zero-order valence-corrected chi connectivity index (χ0v) is 12.3. The fourth-order valence-corrected chi connectivity index (χ4v) is 2.07. The molecule has 5 heteroatoms. The van der Waals surface area contributed by atoms with E-state index < -0.39 is 5.82 Å². The molecule has 0 aliphatic rings. The van der Waals surface area contributed by atoms with Crippen molar-refractivity contribution in [1.29, 1.82) is 0 Å². The van der Waals surface area contributed by atoms with Crippen molar-refractivity contribution < 1.29 is 13.9 Å². The normalized spacial score (nSPS) is 13.7. The molecule has 0 saturated carbocycles. The van der Waals surface area contributed by atoms with Crippen LogP contribution in [0.2, 0.25) is 0 Å².